The summed E-state index contributed by atoms with van der Waals surface area (Å²) < 4.78 is 0. The van der Waals surface area contributed by atoms with Crippen LogP contribution in [-0.2, 0) is 9.59 Å². The molecule has 102 valence electrons. The minimum atomic E-state index is -0.125. The van der Waals surface area contributed by atoms with Crippen molar-refractivity contribution in [3.63, 3.8) is 0 Å². The zero-order valence-corrected chi connectivity index (χ0v) is 11.5. The van der Waals surface area contributed by atoms with Crippen molar-refractivity contribution >= 4 is 11.8 Å². The van der Waals surface area contributed by atoms with E-state index < -0.39 is 0 Å². The van der Waals surface area contributed by atoms with Crippen LogP contribution in [0, 0.1) is 0 Å². The lowest BCUT2D eigenvalue weighted by Crippen LogP contribution is -2.47. The highest BCUT2D eigenvalue weighted by Crippen LogP contribution is 2.16. The largest absolute Gasteiger partial charge is 0.352 e. The van der Waals surface area contributed by atoms with E-state index in [-0.39, 0.29) is 18.0 Å². The molecule has 0 spiro atoms. The molecular weight excluding hydrogens is 230 g/mol. The van der Waals surface area contributed by atoms with E-state index in [0.29, 0.717) is 18.5 Å². The summed E-state index contributed by atoms with van der Waals surface area (Å²) in [6.45, 7) is 6.64. The van der Waals surface area contributed by atoms with E-state index in [1.165, 1.54) is 0 Å². The van der Waals surface area contributed by atoms with Crippen LogP contribution in [0.1, 0.15) is 26.2 Å². The third-order valence-electron chi connectivity index (χ3n) is 3.14. The molecule has 1 saturated heterocycles. The topological polar surface area (TPSA) is 52.7 Å². The molecule has 1 rings (SSSR count). The molecule has 1 unspecified atom stereocenters. The van der Waals surface area contributed by atoms with Crippen molar-refractivity contribution in [2.75, 3.05) is 27.2 Å². The molecule has 0 saturated carbocycles. The zero-order valence-electron chi connectivity index (χ0n) is 11.5. The highest BCUT2D eigenvalue weighted by atomic mass is 16.2. The molecular formula is C13H23N3O2. The first-order valence-corrected chi connectivity index (χ1v) is 6.33. The fraction of sp³-hybridized carbons (Fsp3) is 0.692. The maximum absolute atomic E-state index is 11.7. The van der Waals surface area contributed by atoms with Gasteiger partial charge in [-0.3, -0.25) is 14.5 Å². The van der Waals surface area contributed by atoms with Crippen molar-refractivity contribution in [1.82, 2.24) is 15.1 Å². The van der Waals surface area contributed by atoms with Gasteiger partial charge in [-0.05, 0) is 33.9 Å². The van der Waals surface area contributed by atoms with Crippen LogP contribution in [0.15, 0.2) is 12.2 Å². The molecule has 5 heteroatoms. The Hall–Kier alpha value is -1.36. The van der Waals surface area contributed by atoms with E-state index in [1.54, 1.807) is 6.92 Å². The average molecular weight is 253 g/mol. The van der Waals surface area contributed by atoms with Gasteiger partial charge in [-0.25, -0.2) is 0 Å². The molecule has 0 aromatic carbocycles. The molecule has 2 amide bonds. The van der Waals surface area contributed by atoms with Gasteiger partial charge in [-0.2, -0.15) is 0 Å². The van der Waals surface area contributed by atoms with Crippen molar-refractivity contribution in [3.8, 4) is 0 Å². The third kappa shape index (κ3) is 3.84. The van der Waals surface area contributed by atoms with Crippen LogP contribution in [0.25, 0.3) is 0 Å². The van der Waals surface area contributed by atoms with Crippen molar-refractivity contribution in [3.05, 3.63) is 12.2 Å². The molecule has 5 nitrogen and oxygen atoms in total. The lowest BCUT2D eigenvalue weighted by atomic mass is 10.2. The average Bonchev–Trinajstić information content (AvgIpc) is 2.69. The molecule has 1 aliphatic rings. The lowest BCUT2D eigenvalue weighted by molar-refractivity contribution is -0.132. The van der Waals surface area contributed by atoms with Gasteiger partial charge in [0.1, 0.15) is 0 Å². The summed E-state index contributed by atoms with van der Waals surface area (Å²) in [6.07, 6.45) is 2.37. The molecule has 18 heavy (non-hydrogen) atoms. The van der Waals surface area contributed by atoms with Gasteiger partial charge in [-0.15, -0.1) is 0 Å². The van der Waals surface area contributed by atoms with E-state index in [1.807, 2.05) is 23.9 Å². The summed E-state index contributed by atoms with van der Waals surface area (Å²) >= 11 is 0. The van der Waals surface area contributed by atoms with E-state index in [9.17, 15) is 9.59 Å². The van der Waals surface area contributed by atoms with Gasteiger partial charge in [0.05, 0.1) is 6.17 Å². The Morgan fingerprint density at radius 1 is 1.56 bits per heavy atom. The minimum absolute atomic E-state index is 0.0606. The summed E-state index contributed by atoms with van der Waals surface area (Å²) in [5.74, 6) is 0.0835. The molecule has 1 fully saturated rings. The molecule has 0 aromatic heterocycles. The van der Waals surface area contributed by atoms with E-state index >= 15 is 0 Å². The number of nitrogens with one attached hydrogen (secondary N) is 1. The summed E-state index contributed by atoms with van der Waals surface area (Å²) in [7, 11) is 3.91. The van der Waals surface area contributed by atoms with Crippen LogP contribution < -0.4 is 5.32 Å². The van der Waals surface area contributed by atoms with Crippen LogP contribution in [0.2, 0.25) is 0 Å². The predicted octanol–water partition coefficient (Wildman–Crippen LogP) is 0.579. The predicted molar refractivity (Wildman–Crippen MR) is 70.9 cm³/mol. The maximum atomic E-state index is 11.7. The number of carbonyl (C=O) groups is 2. The Morgan fingerprint density at radius 3 is 2.67 bits per heavy atom. The summed E-state index contributed by atoms with van der Waals surface area (Å²) in [5.41, 5.74) is 0.508. The number of nitrogens with zero attached hydrogens (tertiary/aromatic N) is 2. The van der Waals surface area contributed by atoms with E-state index in [4.69, 9.17) is 0 Å². The van der Waals surface area contributed by atoms with Crippen LogP contribution in [0.3, 0.4) is 0 Å². The molecule has 1 N–H and O–H groups in total. The normalized spacial score (nSPS) is 17.1. The quantitative estimate of drug-likeness (QED) is 0.704. The second-order valence-electron chi connectivity index (χ2n) is 4.96. The zero-order chi connectivity index (χ0) is 13.7. The molecule has 1 aliphatic heterocycles. The number of amides is 2. The van der Waals surface area contributed by atoms with Crippen molar-refractivity contribution in [1.29, 1.82) is 0 Å². The van der Waals surface area contributed by atoms with Crippen molar-refractivity contribution < 1.29 is 9.59 Å². The third-order valence-corrected chi connectivity index (χ3v) is 3.14. The monoisotopic (exact) mass is 253 g/mol. The summed E-state index contributed by atoms with van der Waals surface area (Å²) in [6, 6.07) is 0. The Bertz CT molecular complexity index is 339. The first kappa shape index (κ1) is 14.7. The van der Waals surface area contributed by atoms with Gasteiger partial charge in [0.25, 0.3) is 0 Å². The first-order chi connectivity index (χ1) is 8.43. The Kier molecular flexibility index (Phi) is 5.34. The van der Waals surface area contributed by atoms with Gasteiger partial charge < -0.3 is 10.2 Å². The molecule has 0 aromatic rings. The van der Waals surface area contributed by atoms with Gasteiger partial charge >= 0.3 is 0 Å². The number of hydrogen-bond donors (Lipinski definition) is 1. The second kappa shape index (κ2) is 6.54. The highest BCUT2D eigenvalue weighted by Gasteiger charge is 2.28. The van der Waals surface area contributed by atoms with Crippen LogP contribution in [-0.4, -0.2) is 55.0 Å². The minimum Gasteiger partial charge on any atom is -0.352 e. The highest BCUT2D eigenvalue weighted by molar-refractivity contribution is 5.92. The Balaban J connectivity index is 2.46. The van der Waals surface area contributed by atoms with E-state index in [2.05, 4.69) is 11.9 Å². The number of rotatable bonds is 6. The number of likely N-dealkylation sites (tertiary alicyclic amines) is 1. The van der Waals surface area contributed by atoms with Gasteiger partial charge in [0.15, 0.2) is 0 Å². The van der Waals surface area contributed by atoms with Gasteiger partial charge in [-0.1, -0.05) is 6.58 Å². The molecule has 0 radical (unpaired) electrons. The number of hydrogen-bond acceptors (Lipinski definition) is 3. The second-order valence-corrected chi connectivity index (χ2v) is 4.96. The lowest BCUT2D eigenvalue weighted by Gasteiger charge is -2.33. The maximum Gasteiger partial charge on any atom is 0.246 e. The van der Waals surface area contributed by atoms with Crippen LogP contribution >= 0.6 is 0 Å². The fourth-order valence-corrected chi connectivity index (χ4v) is 2.14. The fourth-order valence-electron chi connectivity index (χ4n) is 2.14. The summed E-state index contributed by atoms with van der Waals surface area (Å²) in [5, 5.41) is 2.80. The molecule has 0 aliphatic carbocycles. The van der Waals surface area contributed by atoms with E-state index in [0.717, 1.165) is 19.4 Å². The first-order valence-electron chi connectivity index (χ1n) is 6.33. The van der Waals surface area contributed by atoms with Crippen molar-refractivity contribution in [2.24, 2.45) is 0 Å². The smallest absolute Gasteiger partial charge is 0.246 e. The molecule has 1 atom stereocenters. The summed E-state index contributed by atoms with van der Waals surface area (Å²) in [4.78, 5) is 27.0. The standard InChI is InChI=1S/C13H23N3O2/c1-10(2)13(18)14-8-7-11(15(3)4)16-9-5-6-12(16)17/h11H,1,5-9H2,2-4H3,(H,14,18). The van der Waals surface area contributed by atoms with Crippen LogP contribution in [0.4, 0.5) is 0 Å². The van der Waals surface area contributed by atoms with Crippen molar-refractivity contribution in [2.45, 2.75) is 32.4 Å². The Morgan fingerprint density at radius 2 is 2.22 bits per heavy atom. The Labute approximate surface area is 109 Å². The number of carbonyl (C=O) groups excluding carboxylic acids is 2. The van der Waals surface area contributed by atoms with Crippen LogP contribution in [0.5, 0.6) is 0 Å². The van der Waals surface area contributed by atoms with Gasteiger partial charge in [0, 0.05) is 25.1 Å². The van der Waals surface area contributed by atoms with Gasteiger partial charge in [0.2, 0.25) is 11.8 Å². The molecule has 0 bridgehead atoms. The molecule has 1 heterocycles. The SMILES string of the molecule is C=C(C)C(=O)NCCC(N(C)C)N1CCCC1=O.